The molecule has 0 saturated carbocycles. The molecule has 2 aromatic carbocycles. The number of amides is 2. The summed E-state index contributed by atoms with van der Waals surface area (Å²) in [5.74, 6) is -0.546. The maximum Gasteiger partial charge on any atom is 0.227 e. The zero-order valence-corrected chi connectivity index (χ0v) is 17.2. The molecule has 1 aliphatic heterocycles. The lowest BCUT2D eigenvalue weighted by molar-refractivity contribution is -0.126. The molecule has 29 heavy (non-hydrogen) atoms. The lowest BCUT2D eigenvalue weighted by Crippen LogP contribution is -2.36. The van der Waals surface area contributed by atoms with E-state index in [9.17, 15) is 9.59 Å². The summed E-state index contributed by atoms with van der Waals surface area (Å²) in [4.78, 5) is 31.3. The van der Waals surface area contributed by atoms with Gasteiger partial charge in [0.1, 0.15) is 0 Å². The molecule has 3 aromatic rings. The Morgan fingerprint density at radius 2 is 1.66 bits per heavy atom. The molecule has 2 amide bonds. The molecule has 0 aliphatic carbocycles. The van der Waals surface area contributed by atoms with Crippen LogP contribution in [0, 0.1) is 5.92 Å². The molecule has 2 heterocycles. The number of aromatic nitrogens is 1. The average molecular weight is 450 g/mol. The molecule has 146 valence electrons. The number of nitrogens with one attached hydrogen (secondary N) is 1. The van der Waals surface area contributed by atoms with Gasteiger partial charge in [-0.1, -0.05) is 46.3 Å². The van der Waals surface area contributed by atoms with Gasteiger partial charge in [-0.25, -0.2) is 0 Å². The number of carbonyl (C=O) groups excluding carboxylic acids is 2. The van der Waals surface area contributed by atoms with Crippen LogP contribution in [-0.2, 0) is 9.59 Å². The second-order valence-electron chi connectivity index (χ2n) is 7.01. The van der Waals surface area contributed by atoms with Crippen molar-refractivity contribution in [3.05, 3.63) is 94.7 Å². The second-order valence-corrected chi connectivity index (χ2v) is 7.93. The minimum absolute atomic E-state index is 0.0346. The molecule has 1 fully saturated rings. The Balaban J connectivity index is 1.52. The number of halogens is 1. The van der Waals surface area contributed by atoms with Crippen molar-refractivity contribution in [3.8, 4) is 0 Å². The third-order valence-electron chi connectivity index (χ3n) is 5.09. The predicted octanol–water partition coefficient (Wildman–Crippen LogP) is 4.10. The van der Waals surface area contributed by atoms with E-state index in [1.54, 1.807) is 17.3 Å². The highest BCUT2D eigenvalue weighted by Crippen LogP contribution is 2.28. The van der Waals surface area contributed by atoms with Crippen LogP contribution in [0.3, 0.4) is 0 Å². The summed E-state index contributed by atoms with van der Waals surface area (Å²) < 4.78 is 0.949. The van der Waals surface area contributed by atoms with E-state index in [4.69, 9.17) is 0 Å². The summed E-state index contributed by atoms with van der Waals surface area (Å²) in [7, 11) is 0. The predicted molar refractivity (Wildman–Crippen MR) is 115 cm³/mol. The van der Waals surface area contributed by atoms with Gasteiger partial charge in [0, 0.05) is 35.5 Å². The molecule has 1 aromatic heterocycles. The fourth-order valence-corrected chi connectivity index (χ4v) is 3.84. The van der Waals surface area contributed by atoms with Crippen LogP contribution in [0.4, 0.5) is 5.69 Å². The van der Waals surface area contributed by atoms with Crippen LogP contribution in [0.1, 0.15) is 23.6 Å². The molecule has 1 aliphatic rings. The van der Waals surface area contributed by atoms with Crippen LogP contribution >= 0.6 is 15.9 Å². The van der Waals surface area contributed by atoms with Gasteiger partial charge in [0.25, 0.3) is 0 Å². The Bertz CT molecular complexity index is 954. The van der Waals surface area contributed by atoms with Crippen molar-refractivity contribution in [1.29, 1.82) is 0 Å². The van der Waals surface area contributed by atoms with Crippen LogP contribution in [0.25, 0.3) is 0 Å². The summed E-state index contributed by atoms with van der Waals surface area (Å²) in [6.45, 7) is 0.379. The number of rotatable bonds is 5. The topological polar surface area (TPSA) is 62.3 Å². The molecular formula is C23H20BrN3O2. The van der Waals surface area contributed by atoms with Crippen molar-refractivity contribution in [3.63, 3.8) is 0 Å². The normalized spacial score (nSPS) is 17.2. The number of anilines is 1. The summed E-state index contributed by atoms with van der Waals surface area (Å²) in [5, 5.41) is 3.14. The van der Waals surface area contributed by atoms with Gasteiger partial charge in [0.2, 0.25) is 11.8 Å². The fraction of sp³-hybridized carbons (Fsp3) is 0.174. The SMILES string of the molecule is O=C(NC(c1ccccc1)c1ccncc1)C1CC(=O)N(c2ccc(Br)cc2)C1. The van der Waals surface area contributed by atoms with Gasteiger partial charge in [-0.15, -0.1) is 0 Å². The minimum Gasteiger partial charge on any atom is -0.345 e. The monoisotopic (exact) mass is 449 g/mol. The number of pyridine rings is 1. The first-order valence-electron chi connectivity index (χ1n) is 9.43. The van der Waals surface area contributed by atoms with Gasteiger partial charge >= 0.3 is 0 Å². The Hall–Kier alpha value is -2.99. The molecule has 1 saturated heterocycles. The third kappa shape index (κ3) is 4.38. The highest BCUT2D eigenvalue weighted by molar-refractivity contribution is 9.10. The Kier molecular flexibility index (Phi) is 5.71. The van der Waals surface area contributed by atoms with Crippen LogP contribution < -0.4 is 10.2 Å². The van der Waals surface area contributed by atoms with Crippen LogP contribution in [0.2, 0.25) is 0 Å². The maximum atomic E-state index is 13.1. The summed E-state index contributed by atoms with van der Waals surface area (Å²) >= 11 is 3.40. The number of hydrogen-bond donors (Lipinski definition) is 1. The van der Waals surface area contributed by atoms with Crippen molar-refractivity contribution in [2.75, 3.05) is 11.4 Å². The van der Waals surface area contributed by atoms with Gasteiger partial charge in [0.15, 0.2) is 0 Å². The van der Waals surface area contributed by atoms with Gasteiger partial charge in [-0.3, -0.25) is 14.6 Å². The van der Waals surface area contributed by atoms with E-state index in [1.807, 2.05) is 66.7 Å². The lowest BCUT2D eigenvalue weighted by Gasteiger charge is -2.22. The third-order valence-corrected chi connectivity index (χ3v) is 5.62. The number of carbonyl (C=O) groups is 2. The van der Waals surface area contributed by atoms with Crippen molar-refractivity contribution < 1.29 is 9.59 Å². The van der Waals surface area contributed by atoms with E-state index in [-0.39, 0.29) is 30.2 Å². The van der Waals surface area contributed by atoms with Gasteiger partial charge < -0.3 is 10.2 Å². The first-order valence-corrected chi connectivity index (χ1v) is 10.2. The van der Waals surface area contributed by atoms with E-state index < -0.39 is 0 Å². The molecule has 0 radical (unpaired) electrons. The summed E-state index contributed by atoms with van der Waals surface area (Å²) in [6.07, 6.45) is 3.64. The van der Waals surface area contributed by atoms with Crippen molar-refractivity contribution in [1.82, 2.24) is 10.3 Å². The second kappa shape index (κ2) is 8.57. The Morgan fingerprint density at radius 3 is 2.34 bits per heavy atom. The molecule has 5 nitrogen and oxygen atoms in total. The fourth-order valence-electron chi connectivity index (χ4n) is 3.57. The van der Waals surface area contributed by atoms with Gasteiger partial charge in [0.05, 0.1) is 12.0 Å². The highest BCUT2D eigenvalue weighted by atomic mass is 79.9. The van der Waals surface area contributed by atoms with Gasteiger partial charge in [-0.2, -0.15) is 0 Å². The van der Waals surface area contributed by atoms with Gasteiger partial charge in [-0.05, 0) is 47.5 Å². The van der Waals surface area contributed by atoms with Crippen LogP contribution in [0.5, 0.6) is 0 Å². The minimum atomic E-state index is -0.390. The molecule has 2 atom stereocenters. The Morgan fingerprint density at radius 1 is 1.00 bits per heavy atom. The average Bonchev–Trinajstić information content (AvgIpc) is 3.15. The number of nitrogens with zero attached hydrogens (tertiary/aromatic N) is 2. The van der Waals surface area contributed by atoms with Crippen LogP contribution in [-0.4, -0.2) is 23.3 Å². The quantitative estimate of drug-likeness (QED) is 0.637. The Labute approximate surface area is 177 Å². The number of benzene rings is 2. The maximum absolute atomic E-state index is 13.1. The van der Waals surface area contributed by atoms with Crippen molar-refractivity contribution >= 4 is 33.4 Å². The highest BCUT2D eigenvalue weighted by Gasteiger charge is 2.36. The largest absolute Gasteiger partial charge is 0.345 e. The van der Waals surface area contributed by atoms with E-state index in [0.717, 1.165) is 21.3 Å². The molecule has 2 unspecified atom stereocenters. The number of hydrogen-bond acceptors (Lipinski definition) is 3. The molecular weight excluding hydrogens is 430 g/mol. The zero-order valence-electron chi connectivity index (χ0n) is 15.7. The molecule has 6 heteroatoms. The molecule has 1 N–H and O–H groups in total. The van der Waals surface area contributed by atoms with E-state index in [0.29, 0.717) is 6.54 Å². The van der Waals surface area contributed by atoms with E-state index in [1.165, 1.54) is 0 Å². The van der Waals surface area contributed by atoms with Crippen molar-refractivity contribution in [2.45, 2.75) is 12.5 Å². The smallest absolute Gasteiger partial charge is 0.227 e. The van der Waals surface area contributed by atoms with E-state index in [2.05, 4.69) is 26.2 Å². The molecule has 4 rings (SSSR count). The molecule has 0 spiro atoms. The first kappa shape index (κ1) is 19.3. The first-order chi connectivity index (χ1) is 14.1. The zero-order chi connectivity index (χ0) is 20.2. The van der Waals surface area contributed by atoms with Crippen LogP contribution in [0.15, 0.2) is 83.6 Å². The lowest BCUT2D eigenvalue weighted by atomic mass is 9.98. The molecule has 0 bridgehead atoms. The van der Waals surface area contributed by atoms with E-state index >= 15 is 0 Å². The standard InChI is InChI=1S/C23H20BrN3O2/c24-19-6-8-20(9-7-19)27-15-18(14-21(27)28)23(29)26-22(16-4-2-1-3-5-16)17-10-12-25-13-11-17/h1-13,18,22H,14-15H2,(H,26,29). The van der Waals surface area contributed by atoms with Crippen molar-refractivity contribution in [2.24, 2.45) is 5.92 Å². The summed E-state index contributed by atoms with van der Waals surface area (Å²) in [5.41, 5.74) is 2.75. The summed E-state index contributed by atoms with van der Waals surface area (Å²) in [6, 6.07) is 20.9.